The van der Waals surface area contributed by atoms with E-state index in [2.05, 4.69) is 26.2 Å². The number of amides is 1. The molecule has 2 heterocycles. The van der Waals surface area contributed by atoms with Crippen LogP contribution in [0.5, 0.6) is 0 Å². The van der Waals surface area contributed by atoms with Crippen LogP contribution in [0.1, 0.15) is 21.9 Å². The van der Waals surface area contributed by atoms with Gasteiger partial charge in [-0.3, -0.25) is 4.79 Å². The molecule has 5 heteroatoms. The molecular weight excluding hydrogens is 284 g/mol. The van der Waals surface area contributed by atoms with Crippen LogP contribution in [-0.2, 0) is 0 Å². The van der Waals surface area contributed by atoms with Crippen molar-refractivity contribution in [1.29, 1.82) is 0 Å². The second-order valence-electron chi connectivity index (χ2n) is 3.61. The van der Waals surface area contributed by atoms with Crippen LogP contribution in [0, 0.1) is 13.8 Å². The summed E-state index contributed by atoms with van der Waals surface area (Å²) < 4.78 is 6.05. The zero-order chi connectivity index (χ0) is 12.4. The summed E-state index contributed by atoms with van der Waals surface area (Å²) in [6.45, 7) is 3.57. The van der Waals surface area contributed by atoms with Gasteiger partial charge in [-0.2, -0.15) is 0 Å². The van der Waals surface area contributed by atoms with Crippen LogP contribution < -0.4 is 5.32 Å². The first-order valence-corrected chi connectivity index (χ1v) is 5.86. The van der Waals surface area contributed by atoms with Crippen molar-refractivity contribution in [3.63, 3.8) is 0 Å². The Morgan fingerprint density at radius 3 is 2.82 bits per heavy atom. The van der Waals surface area contributed by atoms with Crippen molar-refractivity contribution < 1.29 is 9.21 Å². The summed E-state index contributed by atoms with van der Waals surface area (Å²) in [5.41, 5.74) is 0.528. The van der Waals surface area contributed by atoms with E-state index in [1.165, 1.54) is 0 Å². The smallest absolute Gasteiger partial charge is 0.260 e. The summed E-state index contributed by atoms with van der Waals surface area (Å²) in [5, 5.41) is 2.72. The molecule has 17 heavy (non-hydrogen) atoms. The zero-order valence-electron chi connectivity index (χ0n) is 9.45. The van der Waals surface area contributed by atoms with Crippen LogP contribution in [0.4, 0.5) is 5.82 Å². The van der Waals surface area contributed by atoms with Gasteiger partial charge in [0.1, 0.15) is 17.3 Å². The fraction of sp³-hybridized carbons (Fsp3) is 0.167. The van der Waals surface area contributed by atoms with Crippen LogP contribution in [0.15, 0.2) is 33.3 Å². The maximum Gasteiger partial charge on any atom is 0.260 e. The van der Waals surface area contributed by atoms with Crippen molar-refractivity contribution in [1.82, 2.24) is 4.98 Å². The van der Waals surface area contributed by atoms with E-state index in [0.717, 1.165) is 4.47 Å². The summed E-state index contributed by atoms with van der Waals surface area (Å²) >= 11 is 3.32. The molecule has 88 valence electrons. The monoisotopic (exact) mass is 294 g/mol. The Balaban J connectivity index is 2.23. The normalized spacial score (nSPS) is 10.3. The van der Waals surface area contributed by atoms with Crippen molar-refractivity contribution in [3.8, 4) is 0 Å². The fourth-order valence-corrected chi connectivity index (χ4v) is 1.86. The van der Waals surface area contributed by atoms with E-state index in [0.29, 0.717) is 22.9 Å². The number of furan rings is 1. The molecule has 0 aliphatic rings. The number of nitrogens with zero attached hydrogens (tertiary/aromatic N) is 1. The maximum atomic E-state index is 12.0. The lowest BCUT2D eigenvalue weighted by Crippen LogP contribution is -2.13. The number of carbonyl (C=O) groups is 1. The van der Waals surface area contributed by atoms with Gasteiger partial charge < -0.3 is 9.73 Å². The molecule has 0 atom stereocenters. The van der Waals surface area contributed by atoms with Crippen molar-refractivity contribution in [2.45, 2.75) is 13.8 Å². The summed E-state index contributed by atoms with van der Waals surface area (Å²) in [7, 11) is 0. The molecule has 0 aliphatic heterocycles. The Labute approximate surface area is 107 Å². The maximum absolute atomic E-state index is 12.0. The number of pyridine rings is 1. The average Bonchev–Trinajstić information content (AvgIpc) is 2.61. The Kier molecular flexibility index (Phi) is 3.28. The van der Waals surface area contributed by atoms with E-state index < -0.39 is 0 Å². The van der Waals surface area contributed by atoms with Crippen molar-refractivity contribution in [3.05, 3.63) is 46.0 Å². The van der Waals surface area contributed by atoms with E-state index >= 15 is 0 Å². The molecule has 4 nitrogen and oxygen atoms in total. The Hall–Kier alpha value is -1.62. The molecule has 2 rings (SSSR count). The van der Waals surface area contributed by atoms with Crippen molar-refractivity contribution in [2.24, 2.45) is 0 Å². The van der Waals surface area contributed by atoms with E-state index in [1.54, 1.807) is 32.2 Å². The van der Waals surface area contributed by atoms with Crippen LogP contribution in [0.25, 0.3) is 0 Å². The van der Waals surface area contributed by atoms with Gasteiger partial charge in [0.05, 0.1) is 10.0 Å². The number of aromatic nitrogens is 1. The van der Waals surface area contributed by atoms with E-state index in [1.807, 2.05) is 6.07 Å². The minimum absolute atomic E-state index is 0.223. The highest BCUT2D eigenvalue weighted by Crippen LogP contribution is 2.20. The third-order valence-corrected chi connectivity index (χ3v) is 2.92. The highest BCUT2D eigenvalue weighted by molar-refractivity contribution is 9.10. The molecule has 0 unspecified atom stereocenters. The molecule has 0 radical (unpaired) electrons. The number of aryl methyl sites for hydroxylation is 2. The average molecular weight is 295 g/mol. The van der Waals surface area contributed by atoms with Crippen LogP contribution in [-0.4, -0.2) is 10.9 Å². The van der Waals surface area contributed by atoms with Crippen LogP contribution >= 0.6 is 15.9 Å². The molecule has 0 aliphatic carbocycles. The fourth-order valence-electron chi connectivity index (χ4n) is 1.51. The molecule has 0 bridgehead atoms. The number of hydrogen-bond acceptors (Lipinski definition) is 3. The van der Waals surface area contributed by atoms with Gasteiger partial charge in [-0.05, 0) is 48.0 Å². The minimum Gasteiger partial charge on any atom is -0.466 e. The molecule has 0 saturated carbocycles. The lowest BCUT2D eigenvalue weighted by atomic mass is 10.2. The first-order valence-electron chi connectivity index (χ1n) is 5.07. The predicted octanol–water partition coefficient (Wildman–Crippen LogP) is 3.31. The number of halogens is 1. The summed E-state index contributed by atoms with van der Waals surface area (Å²) in [6, 6.07) is 5.31. The van der Waals surface area contributed by atoms with Gasteiger partial charge in [-0.15, -0.1) is 0 Å². The standard InChI is InChI=1S/C12H11BrN2O2/c1-7-6-9(8(2)17-7)12(16)15-11-10(13)4-3-5-14-11/h3-6H,1-2H3,(H,14,15,16). The molecule has 1 N–H and O–H groups in total. The van der Waals surface area contributed by atoms with Crippen molar-refractivity contribution in [2.75, 3.05) is 5.32 Å². The van der Waals surface area contributed by atoms with Gasteiger partial charge >= 0.3 is 0 Å². The van der Waals surface area contributed by atoms with Gasteiger partial charge in [0.25, 0.3) is 5.91 Å². The largest absolute Gasteiger partial charge is 0.466 e. The topological polar surface area (TPSA) is 55.1 Å². The van der Waals surface area contributed by atoms with E-state index in [9.17, 15) is 4.79 Å². The summed E-state index contributed by atoms with van der Waals surface area (Å²) in [4.78, 5) is 16.0. The lowest BCUT2D eigenvalue weighted by molar-refractivity contribution is 0.102. The van der Waals surface area contributed by atoms with Gasteiger partial charge in [0.15, 0.2) is 0 Å². The zero-order valence-corrected chi connectivity index (χ0v) is 11.0. The number of carbonyl (C=O) groups excluding carboxylic acids is 1. The minimum atomic E-state index is -0.223. The molecule has 0 fully saturated rings. The summed E-state index contributed by atoms with van der Waals surface area (Å²) in [6.07, 6.45) is 1.62. The van der Waals surface area contributed by atoms with Gasteiger partial charge in [-0.1, -0.05) is 0 Å². The van der Waals surface area contributed by atoms with Crippen molar-refractivity contribution >= 4 is 27.7 Å². The molecule has 0 spiro atoms. The van der Waals surface area contributed by atoms with Gasteiger partial charge in [0.2, 0.25) is 0 Å². The predicted molar refractivity (Wildman–Crippen MR) is 68.1 cm³/mol. The number of anilines is 1. The van der Waals surface area contributed by atoms with Gasteiger partial charge in [-0.25, -0.2) is 4.98 Å². The lowest BCUT2D eigenvalue weighted by Gasteiger charge is -2.04. The molecule has 1 amide bonds. The van der Waals surface area contributed by atoms with Crippen LogP contribution in [0.3, 0.4) is 0 Å². The second kappa shape index (κ2) is 4.71. The molecule has 2 aromatic heterocycles. The number of nitrogens with one attached hydrogen (secondary N) is 1. The Morgan fingerprint density at radius 2 is 2.24 bits per heavy atom. The Bertz CT molecular complexity index is 563. The Morgan fingerprint density at radius 1 is 1.47 bits per heavy atom. The number of rotatable bonds is 2. The number of hydrogen-bond donors (Lipinski definition) is 1. The molecule has 0 aromatic carbocycles. The molecule has 0 saturated heterocycles. The van der Waals surface area contributed by atoms with E-state index in [-0.39, 0.29) is 5.91 Å². The van der Waals surface area contributed by atoms with E-state index in [4.69, 9.17) is 4.42 Å². The molecule has 2 aromatic rings. The molecular formula is C12H11BrN2O2. The van der Waals surface area contributed by atoms with Gasteiger partial charge in [0, 0.05) is 6.20 Å². The quantitative estimate of drug-likeness (QED) is 0.924. The third kappa shape index (κ3) is 2.55. The summed E-state index contributed by atoms with van der Waals surface area (Å²) in [5.74, 6) is 1.59. The first-order chi connectivity index (χ1) is 8.08. The third-order valence-electron chi connectivity index (χ3n) is 2.28. The first kappa shape index (κ1) is 11.9. The highest BCUT2D eigenvalue weighted by atomic mass is 79.9. The second-order valence-corrected chi connectivity index (χ2v) is 4.47. The van der Waals surface area contributed by atoms with Crippen LogP contribution in [0.2, 0.25) is 0 Å². The SMILES string of the molecule is Cc1cc(C(=O)Nc2ncccc2Br)c(C)o1. The highest BCUT2D eigenvalue weighted by Gasteiger charge is 2.14.